The third kappa shape index (κ3) is 3.57. The maximum Gasteiger partial charge on any atom is 0.194 e. The molecule has 1 saturated heterocycles. The van der Waals surface area contributed by atoms with Crippen molar-refractivity contribution in [3.63, 3.8) is 0 Å². The fourth-order valence-corrected chi connectivity index (χ4v) is 3.98. The van der Waals surface area contributed by atoms with Crippen molar-refractivity contribution in [2.75, 3.05) is 20.1 Å². The zero-order valence-corrected chi connectivity index (χ0v) is 15.2. The van der Waals surface area contributed by atoms with E-state index in [1.165, 1.54) is 5.56 Å². The van der Waals surface area contributed by atoms with Crippen LogP contribution in [-0.4, -0.2) is 45.8 Å². The number of aromatic nitrogens is 3. The van der Waals surface area contributed by atoms with Gasteiger partial charge in [0.05, 0.1) is 6.54 Å². The first-order valence-electron chi connectivity index (χ1n) is 9.34. The van der Waals surface area contributed by atoms with Crippen LogP contribution < -0.4 is 5.32 Å². The van der Waals surface area contributed by atoms with Gasteiger partial charge in [0.2, 0.25) is 0 Å². The van der Waals surface area contributed by atoms with Crippen LogP contribution in [0.4, 0.5) is 4.39 Å². The fourth-order valence-electron chi connectivity index (χ4n) is 3.98. The first-order chi connectivity index (χ1) is 12.7. The number of guanidine groups is 1. The second-order valence-corrected chi connectivity index (χ2v) is 7.12. The van der Waals surface area contributed by atoms with E-state index in [-0.39, 0.29) is 5.82 Å². The van der Waals surface area contributed by atoms with Crippen molar-refractivity contribution in [1.29, 1.82) is 0 Å². The standard InChI is InChI=1S/C19H25FN6/c1-21-19(22-12-18-24-23-17-3-2-9-26(17)18)25-10-8-15(13-25)11-14-4-6-16(20)7-5-14/h4-7,15H,2-3,8-13H2,1H3,(H,21,22). The van der Waals surface area contributed by atoms with Gasteiger partial charge in [0.1, 0.15) is 11.6 Å². The molecule has 0 aliphatic carbocycles. The number of hydrogen-bond acceptors (Lipinski definition) is 3. The molecule has 1 aromatic carbocycles. The molecular weight excluding hydrogens is 331 g/mol. The monoisotopic (exact) mass is 356 g/mol. The molecule has 26 heavy (non-hydrogen) atoms. The van der Waals surface area contributed by atoms with Crippen LogP contribution in [0.25, 0.3) is 0 Å². The molecule has 7 heteroatoms. The molecule has 0 radical (unpaired) electrons. The molecule has 0 spiro atoms. The van der Waals surface area contributed by atoms with Crippen LogP contribution in [0.2, 0.25) is 0 Å². The van der Waals surface area contributed by atoms with E-state index in [1.807, 2.05) is 19.2 Å². The molecule has 1 N–H and O–H groups in total. The zero-order valence-electron chi connectivity index (χ0n) is 15.2. The Balaban J connectivity index is 1.32. The number of benzene rings is 1. The van der Waals surface area contributed by atoms with E-state index in [1.54, 1.807) is 12.1 Å². The minimum atomic E-state index is -0.175. The normalized spacial score (nSPS) is 19.8. The fraction of sp³-hybridized carbons (Fsp3) is 0.526. The second-order valence-electron chi connectivity index (χ2n) is 7.12. The molecule has 1 aromatic heterocycles. The Morgan fingerprint density at radius 3 is 2.92 bits per heavy atom. The SMILES string of the molecule is CN=C(NCc1nnc2n1CCC2)N1CCC(Cc2ccc(F)cc2)C1. The van der Waals surface area contributed by atoms with Crippen LogP contribution in [0.5, 0.6) is 0 Å². The lowest BCUT2D eigenvalue weighted by Gasteiger charge is -2.21. The van der Waals surface area contributed by atoms with E-state index in [2.05, 4.69) is 30.0 Å². The third-order valence-electron chi connectivity index (χ3n) is 5.33. The molecule has 0 bridgehead atoms. The van der Waals surface area contributed by atoms with Gasteiger partial charge in [-0.1, -0.05) is 12.1 Å². The number of nitrogens with one attached hydrogen (secondary N) is 1. The Hall–Kier alpha value is -2.44. The van der Waals surface area contributed by atoms with Crippen molar-refractivity contribution in [1.82, 2.24) is 25.0 Å². The Bertz CT molecular complexity index is 782. The lowest BCUT2D eigenvalue weighted by atomic mass is 9.99. The molecule has 138 valence electrons. The summed E-state index contributed by atoms with van der Waals surface area (Å²) >= 11 is 0. The predicted molar refractivity (Wildman–Crippen MR) is 98.3 cm³/mol. The summed E-state index contributed by atoms with van der Waals surface area (Å²) in [4.78, 5) is 6.74. The number of rotatable bonds is 4. The summed E-state index contributed by atoms with van der Waals surface area (Å²) in [6.07, 6.45) is 4.28. The topological polar surface area (TPSA) is 58.3 Å². The molecule has 3 heterocycles. The smallest absolute Gasteiger partial charge is 0.194 e. The Kier molecular flexibility index (Phi) is 4.86. The minimum absolute atomic E-state index is 0.175. The Morgan fingerprint density at radius 1 is 1.27 bits per heavy atom. The van der Waals surface area contributed by atoms with Crippen molar-refractivity contribution in [3.05, 3.63) is 47.3 Å². The summed E-state index contributed by atoms with van der Waals surface area (Å²) in [5.74, 6) is 3.39. The summed E-state index contributed by atoms with van der Waals surface area (Å²) in [6, 6.07) is 6.85. The summed E-state index contributed by atoms with van der Waals surface area (Å²) in [7, 11) is 1.82. The van der Waals surface area contributed by atoms with Crippen LogP contribution >= 0.6 is 0 Å². The molecule has 1 fully saturated rings. The van der Waals surface area contributed by atoms with Gasteiger partial charge in [-0.2, -0.15) is 0 Å². The van der Waals surface area contributed by atoms with Gasteiger partial charge in [0, 0.05) is 33.1 Å². The van der Waals surface area contributed by atoms with Crippen molar-refractivity contribution >= 4 is 5.96 Å². The summed E-state index contributed by atoms with van der Waals surface area (Å²) in [5.41, 5.74) is 1.19. The third-order valence-corrected chi connectivity index (χ3v) is 5.33. The zero-order chi connectivity index (χ0) is 17.9. The van der Waals surface area contributed by atoms with Gasteiger partial charge in [-0.05, 0) is 42.9 Å². The molecule has 2 aliphatic heterocycles. The highest BCUT2D eigenvalue weighted by Gasteiger charge is 2.25. The largest absolute Gasteiger partial charge is 0.349 e. The first-order valence-corrected chi connectivity index (χ1v) is 9.34. The van der Waals surface area contributed by atoms with Crippen LogP contribution in [0, 0.1) is 11.7 Å². The Morgan fingerprint density at radius 2 is 2.12 bits per heavy atom. The van der Waals surface area contributed by atoms with Crippen LogP contribution in [0.1, 0.15) is 30.1 Å². The van der Waals surface area contributed by atoms with Crippen molar-refractivity contribution < 1.29 is 4.39 Å². The van der Waals surface area contributed by atoms with Gasteiger partial charge in [-0.15, -0.1) is 10.2 Å². The Labute approximate surface area is 153 Å². The lowest BCUT2D eigenvalue weighted by molar-refractivity contribution is 0.457. The van der Waals surface area contributed by atoms with Gasteiger partial charge in [0.25, 0.3) is 0 Å². The molecular formula is C19H25FN6. The summed E-state index contributed by atoms with van der Waals surface area (Å²) in [6.45, 7) is 3.62. The quantitative estimate of drug-likeness (QED) is 0.672. The van der Waals surface area contributed by atoms with Gasteiger partial charge in [-0.3, -0.25) is 4.99 Å². The molecule has 2 aromatic rings. The van der Waals surface area contributed by atoms with E-state index in [0.29, 0.717) is 12.5 Å². The highest BCUT2D eigenvalue weighted by molar-refractivity contribution is 5.80. The minimum Gasteiger partial charge on any atom is -0.349 e. The molecule has 6 nitrogen and oxygen atoms in total. The van der Waals surface area contributed by atoms with E-state index in [9.17, 15) is 4.39 Å². The number of aryl methyl sites for hydroxylation is 1. The number of fused-ring (bicyclic) bond motifs is 1. The van der Waals surface area contributed by atoms with E-state index in [4.69, 9.17) is 0 Å². The number of hydrogen-bond donors (Lipinski definition) is 1. The highest BCUT2D eigenvalue weighted by Crippen LogP contribution is 2.21. The molecule has 0 saturated carbocycles. The maximum atomic E-state index is 13.1. The van der Waals surface area contributed by atoms with Crippen LogP contribution in [0.15, 0.2) is 29.3 Å². The van der Waals surface area contributed by atoms with Gasteiger partial charge < -0.3 is 14.8 Å². The number of nitrogens with zero attached hydrogens (tertiary/aromatic N) is 5. The lowest BCUT2D eigenvalue weighted by Crippen LogP contribution is -2.40. The highest BCUT2D eigenvalue weighted by atomic mass is 19.1. The number of aliphatic imine (C=N–C) groups is 1. The van der Waals surface area contributed by atoms with Crippen molar-refractivity contribution in [3.8, 4) is 0 Å². The summed E-state index contributed by atoms with van der Waals surface area (Å²) in [5, 5.41) is 12.0. The van der Waals surface area contributed by atoms with Crippen molar-refractivity contribution in [2.24, 2.45) is 10.9 Å². The van der Waals surface area contributed by atoms with E-state index in [0.717, 1.165) is 62.9 Å². The average molecular weight is 356 g/mol. The molecule has 1 atom stereocenters. The average Bonchev–Trinajstić information content (AvgIpc) is 3.36. The predicted octanol–water partition coefficient (Wildman–Crippen LogP) is 2.00. The van der Waals surface area contributed by atoms with Crippen LogP contribution in [0.3, 0.4) is 0 Å². The van der Waals surface area contributed by atoms with Crippen molar-refractivity contribution in [2.45, 2.75) is 38.8 Å². The number of halogens is 1. The van der Waals surface area contributed by atoms with Gasteiger partial charge in [0.15, 0.2) is 11.8 Å². The maximum absolute atomic E-state index is 13.1. The molecule has 1 unspecified atom stereocenters. The van der Waals surface area contributed by atoms with Gasteiger partial charge in [-0.25, -0.2) is 4.39 Å². The molecule has 2 aliphatic rings. The first kappa shape index (κ1) is 17.0. The van der Waals surface area contributed by atoms with E-state index < -0.39 is 0 Å². The molecule has 0 amide bonds. The number of likely N-dealkylation sites (tertiary alicyclic amines) is 1. The van der Waals surface area contributed by atoms with E-state index >= 15 is 0 Å². The summed E-state index contributed by atoms with van der Waals surface area (Å²) < 4.78 is 15.3. The molecule has 4 rings (SSSR count). The second kappa shape index (κ2) is 7.43. The van der Waals surface area contributed by atoms with Crippen LogP contribution in [-0.2, 0) is 25.9 Å². The van der Waals surface area contributed by atoms with Gasteiger partial charge >= 0.3 is 0 Å².